The molecule has 0 radical (unpaired) electrons. The normalized spacial score (nSPS) is 12.0. The van der Waals surface area contributed by atoms with E-state index in [1.165, 1.54) is 5.56 Å². The van der Waals surface area contributed by atoms with Crippen LogP contribution in [0.1, 0.15) is 47.7 Å². The molecule has 21 heavy (non-hydrogen) atoms. The Morgan fingerprint density at radius 2 is 1.86 bits per heavy atom. The molecule has 0 heterocycles. The zero-order chi connectivity index (χ0) is 15.4. The smallest absolute Gasteiger partial charge is 0.339 e. The van der Waals surface area contributed by atoms with Crippen molar-refractivity contribution in [3.8, 4) is 11.5 Å². The molecule has 0 aromatic heterocycles. The molecule has 1 atom stereocenters. The molecule has 2 rings (SSSR count). The van der Waals surface area contributed by atoms with Gasteiger partial charge in [0, 0.05) is 0 Å². The third kappa shape index (κ3) is 3.63. The van der Waals surface area contributed by atoms with Crippen molar-refractivity contribution in [1.82, 2.24) is 0 Å². The molecule has 3 heteroatoms. The van der Waals surface area contributed by atoms with Gasteiger partial charge in [0.05, 0.1) is 0 Å². The zero-order valence-corrected chi connectivity index (χ0v) is 12.6. The molecule has 0 aliphatic rings. The summed E-state index contributed by atoms with van der Waals surface area (Å²) in [6, 6.07) is 13.0. The molecule has 0 bridgehead atoms. The van der Waals surface area contributed by atoms with Crippen LogP contribution in [0.5, 0.6) is 11.5 Å². The molecule has 0 spiro atoms. The molecule has 0 saturated heterocycles. The number of aromatic carboxylic acids is 1. The summed E-state index contributed by atoms with van der Waals surface area (Å²) in [5.41, 5.74) is 2.33. The van der Waals surface area contributed by atoms with E-state index in [0.717, 1.165) is 12.0 Å². The van der Waals surface area contributed by atoms with Gasteiger partial charge in [0.25, 0.3) is 0 Å². The summed E-state index contributed by atoms with van der Waals surface area (Å²) in [5.74, 6) is 0.538. The number of ether oxygens (including phenoxy) is 1. The second-order valence-corrected chi connectivity index (χ2v) is 5.29. The fourth-order valence-corrected chi connectivity index (χ4v) is 2.13. The van der Waals surface area contributed by atoms with Crippen LogP contribution in [-0.2, 0) is 0 Å². The van der Waals surface area contributed by atoms with Crippen LogP contribution in [0, 0.1) is 6.92 Å². The van der Waals surface area contributed by atoms with Crippen molar-refractivity contribution >= 4 is 5.97 Å². The second-order valence-electron chi connectivity index (χ2n) is 5.29. The van der Waals surface area contributed by atoms with Crippen molar-refractivity contribution in [2.24, 2.45) is 0 Å². The fourth-order valence-electron chi connectivity index (χ4n) is 2.13. The maximum Gasteiger partial charge on any atom is 0.339 e. The van der Waals surface area contributed by atoms with Crippen LogP contribution in [0.25, 0.3) is 0 Å². The van der Waals surface area contributed by atoms with Crippen molar-refractivity contribution in [2.75, 3.05) is 0 Å². The lowest BCUT2D eigenvalue weighted by molar-refractivity contribution is 0.0694. The van der Waals surface area contributed by atoms with Gasteiger partial charge in [-0.1, -0.05) is 37.6 Å². The number of carboxylic acids is 1. The van der Waals surface area contributed by atoms with Gasteiger partial charge in [-0.15, -0.1) is 0 Å². The van der Waals surface area contributed by atoms with E-state index in [2.05, 4.69) is 13.8 Å². The Labute approximate surface area is 125 Å². The largest absolute Gasteiger partial charge is 0.478 e. The Morgan fingerprint density at radius 1 is 1.19 bits per heavy atom. The van der Waals surface area contributed by atoms with Gasteiger partial charge in [-0.25, -0.2) is 4.79 Å². The Hall–Kier alpha value is -2.29. The molecule has 0 fully saturated rings. The monoisotopic (exact) mass is 284 g/mol. The molecule has 2 aromatic rings. The third-order valence-corrected chi connectivity index (χ3v) is 3.65. The first-order valence-corrected chi connectivity index (χ1v) is 7.13. The molecule has 0 aliphatic carbocycles. The van der Waals surface area contributed by atoms with E-state index in [4.69, 9.17) is 4.74 Å². The van der Waals surface area contributed by atoms with Crippen LogP contribution < -0.4 is 4.74 Å². The lowest BCUT2D eigenvalue weighted by Gasteiger charge is -2.12. The first-order valence-electron chi connectivity index (χ1n) is 7.13. The Kier molecular flexibility index (Phi) is 4.63. The Bertz CT molecular complexity index is 629. The minimum absolute atomic E-state index is 0.181. The average Bonchev–Trinajstić information content (AvgIpc) is 2.49. The number of aryl methyl sites for hydroxylation is 1. The number of carbonyl (C=O) groups is 1. The molecular weight excluding hydrogens is 264 g/mol. The highest BCUT2D eigenvalue weighted by atomic mass is 16.5. The van der Waals surface area contributed by atoms with Crippen LogP contribution in [0.4, 0.5) is 0 Å². The number of rotatable bonds is 5. The number of benzene rings is 2. The van der Waals surface area contributed by atoms with Gasteiger partial charge < -0.3 is 9.84 Å². The van der Waals surface area contributed by atoms with Crippen LogP contribution in [0.2, 0.25) is 0 Å². The molecule has 0 amide bonds. The SMILES string of the molecule is CCC(C)c1ccc(Oc2ccc(C)cc2C(=O)O)cc1. The van der Waals surface area contributed by atoms with Gasteiger partial charge in [0.15, 0.2) is 0 Å². The van der Waals surface area contributed by atoms with Crippen molar-refractivity contribution in [3.63, 3.8) is 0 Å². The van der Waals surface area contributed by atoms with Gasteiger partial charge in [-0.2, -0.15) is 0 Å². The van der Waals surface area contributed by atoms with Crippen molar-refractivity contribution < 1.29 is 14.6 Å². The first-order chi connectivity index (χ1) is 10.0. The molecule has 1 unspecified atom stereocenters. The van der Waals surface area contributed by atoms with E-state index >= 15 is 0 Å². The van der Waals surface area contributed by atoms with E-state index in [0.29, 0.717) is 17.4 Å². The topological polar surface area (TPSA) is 46.5 Å². The van der Waals surface area contributed by atoms with E-state index in [1.807, 2.05) is 37.3 Å². The summed E-state index contributed by atoms with van der Waals surface area (Å²) in [7, 11) is 0. The Balaban J connectivity index is 2.24. The average molecular weight is 284 g/mol. The van der Waals surface area contributed by atoms with Crippen molar-refractivity contribution in [2.45, 2.75) is 33.1 Å². The van der Waals surface area contributed by atoms with E-state index < -0.39 is 5.97 Å². The fraction of sp³-hybridized carbons (Fsp3) is 0.278. The summed E-state index contributed by atoms with van der Waals surface area (Å²) in [5, 5.41) is 9.24. The number of hydrogen-bond acceptors (Lipinski definition) is 2. The molecule has 1 N–H and O–H groups in total. The molecule has 3 nitrogen and oxygen atoms in total. The second kappa shape index (κ2) is 6.44. The minimum atomic E-state index is -0.982. The van der Waals surface area contributed by atoms with E-state index in [1.54, 1.807) is 12.1 Å². The van der Waals surface area contributed by atoms with Crippen molar-refractivity contribution in [3.05, 3.63) is 59.2 Å². The highest BCUT2D eigenvalue weighted by molar-refractivity contribution is 5.91. The molecule has 0 saturated carbocycles. The van der Waals surface area contributed by atoms with E-state index in [9.17, 15) is 9.90 Å². The lowest BCUT2D eigenvalue weighted by Crippen LogP contribution is -2.00. The van der Waals surface area contributed by atoms with Gasteiger partial charge in [-0.05, 0) is 49.1 Å². The summed E-state index contributed by atoms with van der Waals surface area (Å²) < 4.78 is 5.71. The van der Waals surface area contributed by atoms with Gasteiger partial charge >= 0.3 is 5.97 Å². The molecule has 2 aromatic carbocycles. The van der Waals surface area contributed by atoms with Crippen LogP contribution >= 0.6 is 0 Å². The third-order valence-electron chi connectivity index (χ3n) is 3.65. The van der Waals surface area contributed by atoms with Crippen molar-refractivity contribution in [1.29, 1.82) is 0 Å². The predicted octanol–water partition coefficient (Wildman–Crippen LogP) is 5.00. The molecule has 110 valence electrons. The number of carboxylic acid groups (broad SMARTS) is 1. The van der Waals surface area contributed by atoms with Gasteiger partial charge in [0.1, 0.15) is 17.1 Å². The standard InChI is InChI=1S/C18H20O3/c1-4-13(3)14-6-8-15(9-7-14)21-17-10-5-12(2)11-16(17)18(19)20/h5-11,13H,4H2,1-3H3,(H,19,20). The zero-order valence-electron chi connectivity index (χ0n) is 12.6. The quantitative estimate of drug-likeness (QED) is 0.840. The van der Waals surface area contributed by atoms with Gasteiger partial charge in [0.2, 0.25) is 0 Å². The van der Waals surface area contributed by atoms with E-state index in [-0.39, 0.29) is 5.56 Å². The van der Waals surface area contributed by atoms with Crippen LogP contribution in [-0.4, -0.2) is 11.1 Å². The summed E-state index contributed by atoms with van der Waals surface area (Å²) in [6.45, 7) is 6.19. The molecule has 0 aliphatic heterocycles. The number of hydrogen-bond donors (Lipinski definition) is 1. The van der Waals surface area contributed by atoms with Crippen LogP contribution in [0.15, 0.2) is 42.5 Å². The lowest BCUT2D eigenvalue weighted by atomic mass is 9.99. The van der Waals surface area contributed by atoms with Crippen LogP contribution in [0.3, 0.4) is 0 Å². The minimum Gasteiger partial charge on any atom is -0.478 e. The summed E-state index contributed by atoms with van der Waals surface area (Å²) in [6.07, 6.45) is 1.08. The maximum absolute atomic E-state index is 11.3. The Morgan fingerprint density at radius 3 is 2.43 bits per heavy atom. The maximum atomic E-state index is 11.3. The highest BCUT2D eigenvalue weighted by Gasteiger charge is 2.12. The molecular formula is C18H20O3. The predicted molar refractivity (Wildman–Crippen MR) is 83.4 cm³/mol. The summed E-state index contributed by atoms with van der Waals surface area (Å²) >= 11 is 0. The van der Waals surface area contributed by atoms with Gasteiger partial charge in [-0.3, -0.25) is 0 Å². The highest BCUT2D eigenvalue weighted by Crippen LogP contribution is 2.28. The first kappa shape index (κ1) is 15.1. The summed E-state index contributed by atoms with van der Waals surface area (Å²) in [4.78, 5) is 11.3.